The largest absolute Gasteiger partial charge is 0.496 e. The van der Waals surface area contributed by atoms with Crippen molar-refractivity contribution in [1.82, 2.24) is 4.98 Å². The van der Waals surface area contributed by atoms with E-state index in [9.17, 15) is 9.90 Å². The summed E-state index contributed by atoms with van der Waals surface area (Å²) in [5, 5.41) is 11.1. The Balaban J connectivity index is 2.20. The second kappa shape index (κ2) is 6.24. The molecule has 1 fully saturated rings. The highest BCUT2D eigenvalue weighted by Gasteiger charge is 2.21. The van der Waals surface area contributed by atoms with E-state index in [-0.39, 0.29) is 5.69 Å². The summed E-state index contributed by atoms with van der Waals surface area (Å²) in [5.74, 6) is 0.269. The maximum Gasteiger partial charge on any atom is 0.354 e. The predicted octanol–water partition coefficient (Wildman–Crippen LogP) is 4.44. The Hall–Kier alpha value is -1.62. The van der Waals surface area contributed by atoms with Gasteiger partial charge < -0.3 is 9.84 Å². The lowest BCUT2D eigenvalue weighted by Gasteiger charge is -2.15. The van der Waals surface area contributed by atoms with Crippen molar-refractivity contribution in [3.63, 3.8) is 0 Å². The zero-order valence-corrected chi connectivity index (χ0v) is 14.0. The van der Waals surface area contributed by atoms with Crippen LogP contribution in [0.5, 0.6) is 5.75 Å². The lowest BCUT2D eigenvalue weighted by Crippen LogP contribution is -2.08. The van der Waals surface area contributed by atoms with Crippen LogP contribution in [-0.2, 0) is 6.42 Å². The lowest BCUT2D eigenvalue weighted by molar-refractivity contribution is 0.0690. The maximum absolute atomic E-state index is 11.4. The van der Waals surface area contributed by atoms with Crippen LogP contribution in [0.25, 0.3) is 10.8 Å². The average Bonchev–Trinajstić information content (AvgIpc) is 3.00. The summed E-state index contributed by atoms with van der Waals surface area (Å²) in [7, 11) is 1.60. The molecule has 1 N–H and O–H groups in total. The number of carbonyl (C=O) groups is 1. The van der Waals surface area contributed by atoms with Crippen molar-refractivity contribution >= 4 is 32.7 Å². The molecule has 116 valence electrons. The number of hydrogen-bond acceptors (Lipinski definition) is 3. The van der Waals surface area contributed by atoms with E-state index in [1.807, 2.05) is 12.1 Å². The van der Waals surface area contributed by atoms with Gasteiger partial charge in [0.2, 0.25) is 0 Å². The molecule has 0 aliphatic heterocycles. The molecule has 0 amide bonds. The van der Waals surface area contributed by atoms with Crippen LogP contribution >= 0.6 is 15.9 Å². The van der Waals surface area contributed by atoms with Gasteiger partial charge in [-0.2, -0.15) is 0 Å². The molecule has 5 heteroatoms. The van der Waals surface area contributed by atoms with Gasteiger partial charge in [0.25, 0.3) is 0 Å². The van der Waals surface area contributed by atoms with Crippen LogP contribution in [0.2, 0.25) is 0 Å². The predicted molar refractivity (Wildman–Crippen MR) is 88.6 cm³/mol. The first-order valence-corrected chi connectivity index (χ1v) is 8.29. The number of methoxy groups -OCH3 is 1. The van der Waals surface area contributed by atoms with E-state index < -0.39 is 5.97 Å². The minimum atomic E-state index is -1.00. The number of carboxylic acids is 1. The topological polar surface area (TPSA) is 59.4 Å². The third kappa shape index (κ3) is 2.82. The van der Waals surface area contributed by atoms with Crippen LogP contribution in [0, 0.1) is 5.92 Å². The number of rotatable bonds is 4. The Morgan fingerprint density at radius 2 is 2.14 bits per heavy atom. The van der Waals surface area contributed by atoms with E-state index in [4.69, 9.17) is 4.74 Å². The Kier molecular flexibility index (Phi) is 4.34. The molecule has 1 aromatic carbocycles. The normalized spacial score (nSPS) is 15.4. The number of halogens is 1. The summed E-state index contributed by atoms with van der Waals surface area (Å²) in [6.07, 6.45) is 5.73. The fraction of sp³-hybridized carbons (Fsp3) is 0.412. The van der Waals surface area contributed by atoms with Crippen molar-refractivity contribution in [2.75, 3.05) is 7.11 Å². The number of aromatic nitrogens is 1. The minimum absolute atomic E-state index is 0.0805. The molecular formula is C17H18BrNO3. The molecule has 1 aromatic heterocycles. The summed E-state index contributed by atoms with van der Waals surface area (Å²) in [6, 6.07) is 5.37. The number of pyridine rings is 1. The monoisotopic (exact) mass is 363 g/mol. The molecule has 22 heavy (non-hydrogen) atoms. The third-order valence-corrected chi connectivity index (χ3v) is 5.04. The lowest BCUT2D eigenvalue weighted by atomic mass is 9.97. The molecule has 1 heterocycles. The zero-order chi connectivity index (χ0) is 15.7. The van der Waals surface area contributed by atoms with Gasteiger partial charge in [-0.3, -0.25) is 0 Å². The van der Waals surface area contributed by atoms with Gasteiger partial charge in [-0.15, -0.1) is 0 Å². The smallest absolute Gasteiger partial charge is 0.354 e. The van der Waals surface area contributed by atoms with E-state index in [0.29, 0.717) is 11.7 Å². The van der Waals surface area contributed by atoms with Crippen molar-refractivity contribution in [2.24, 2.45) is 5.92 Å². The molecule has 0 unspecified atom stereocenters. The average molecular weight is 364 g/mol. The Bertz CT molecular complexity index is 723. The minimum Gasteiger partial charge on any atom is -0.496 e. The Morgan fingerprint density at radius 1 is 1.41 bits per heavy atom. The number of hydrogen-bond donors (Lipinski definition) is 1. The zero-order valence-electron chi connectivity index (χ0n) is 12.4. The second-order valence-corrected chi connectivity index (χ2v) is 6.64. The van der Waals surface area contributed by atoms with Crippen molar-refractivity contribution in [1.29, 1.82) is 0 Å². The molecular weight excluding hydrogens is 346 g/mol. The second-order valence-electron chi connectivity index (χ2n) is 5.79. The molecule has 4 nitrogen and oxygen atoms in total. The van der Waals surface area contributed by atoms with Crippen LogP contribution in [0.1, 0.15) is 41.9 Å². The van der Waals surface area contributed by atoms with E-state index in [2.05, 4.69) is 20.9 Å². The third-order valence-electron chi connectivity index (χ3n) is 4.38. The van der Waals surface area contributed by atoms with E-state index in [0.717, 1.165) is 27.4 Å². The molecule has 3 rings (SSSR count). The first kappa shape index (κ1) is 15.3. The maximum atomic E-state index is 11.4. The Morgan fingerprint density at radius 3 is 2.77 bits per heavy atom. The molecule has 0 radical (unpaired) electrons. The molecule has 0 atom stereocenters. The first-order valence-electron chi connectivity index (χ1n) is 7.49. The van der Waals surface area contributed by atoms with Gasteiger partial charge in [0.05, 0.1) is 12.8 Å². The number of fused-ring (bicyclic) bond motifs is 1. The number of benzene rings is 1. The highest BCUT2D eigenvalue weighted by atomic mass is 79.9. The van der Waals surface area contributed by atoms with E-state index >= 15 is 0 Å². The van der Waals surface area contributed by atoms with E-state index in [1.165, 1.54) is 25.7 Å². The van der Waals surface area contributed by atoms with Gasteiger partial charge >= 0.3 is 5.97 Å². The van der Waals surface area contributed by atoms with Gasteiger partial charge in [0.15, 0.2) is 0 Å². The fourth-order valence-corrected chi connectivity index (χ4v) is 3.88. The fourth-order valence-electron chi connectivity index (χ4n) is 3.30. The summed E-state index contributed by atoms with van der Waals surface area (Å²) >= 11 is 3.58. The standard InChI is InChI=1S/C17H18BrNO3/c1-22-15-7-6-12(18)16-11(15)9-14(17(20)21)19-13(16)8-10-4-2-3-5-10/h6-7,9-10H,2-5,8H2,1H3,(H,20,21). The summed E-state index contributed by atoms with van der Waals surface area (Å²) < 4.78 is 6.33. The van der Waals surface area contributed by atoms with Crippen LogP contribution in [0.3, 0.4) is 0 Å². The van der Waals surface area contributed by atoms with Crippen LogP contribution < -0.4 is 4.74 Å². The summed E-state index contributed by atoms with van der Waals surface area (Å²) in [4.78, 5) is 15.8. The van der Waals surface area contributed by atoms with Crippen molar-refractivity contribution in [3.8, 4) is 5.75 Å². The molecule has 1 aliphatic carbocycles. The molecule has 0 saturated heterocycles. The highest BCUT2D eigenvalue weighted by Crippen LogP contribution is 2.36. The van der Waals surface area contributed by atoms with Crippen molar-refractivity contribution in [2.45, 2.75) is 32.1 Å². The van der Waals surface area contributed by atoms with Gasteiger partial charge in [-0.1, -0.05) is 41.6 Å². The molecule has 0 bridgehead atoms. The number of aromatic carboxylic acids is 1. The molecule has 1 aliphatic rings. The molecule has 1 saturated carbocycles. The highest BCUT2D eigenvalue weighted by molar-refractivity contribution is 9.10. The van der Waals surface area contributed by atoms with Gasteiger partial charge in [-0.05, 0) is 30.5 Å². The number of nitrogens with zero attached hydrogens (tertiary/aromatic N) is 1. The van der Waals surface area contributed by atoms with Crippen molar-refractivity contribution in [3.05, 3.63) is 34.1 Å². The van der Waals surface area contributed by atoms with Gasteiger partial charge in [0.1, 0.15) is 11.4 Å². The van der Waals surface area contributed by atoms with Crippen LogP contribution in [0.15, 0.2) is 22.7 Å². The molecule has 0 spiro atoms. The quantitative estimate of drug-likeness (QED) is 0.872. The molecule has 2 aromatic rings. The van der Waals surface area contributed by atoms with Crippen LogP contribution in [-0.4, -0.2) is 23.2 Å². The Labute approximate surface area is 137 Å². The first-order chi connectivity index (χ1) is 10.6. The van der Waals surface area contributed by atoms with Crippen molar-refractivity contribution < 1.29 is 14.6 Å². The van der Waals surface area contributed by atoms with Crippen LogP contribution in [0.4, 0.5) is 0 Å². The summed E-state index contributed by atoms with van der Waals surface area (Å²) in [6.45, 7) is 0. The SMILES string of the molecule is COc1ccc(Br)c2c(CC3CCCC3)nc(C(=O)O)cc12. The summed E-state index contributed by atoms with van der Waals surface area (Å²) in [5.41, 5.74) is 0.935. The van der Waals surface area contributed by atoms with Gasteiger partial charge in [-0.25, -0.2) is 9.78 Å². The van der Waals surface area contributed by atoms with E-state index in [1.54, 1.807) is 13.2 Å². The number of carboxylic acid groups (broad SMARTS) is 1. The van der Waals surface area contributed by atoms with Gasteiger partial charge in [0, 0.05) is 15.2 Å². The number of ether oxygens (including phenoxy) is 1.